The molecule has 2 nitrogen and oxygen atoms in total. The van der Waals surface area contributed by atoms with Crippen LogP contribution in [0.3, 0.4) is 0 Å². The van der Waals surface area contributed by atoms with E-state index in [-0.39, 0.29) is 6.04 Å². The van der Waals surface area contributed by atoms with Crippen LogP contribution in [0.1, 0.15) is 50.3 Å². The van der Waals surface area contributed by atoms with Crippen molar-refractivity contribution in [2.45, 2.75) is 44.7 Å². The quantitative estimate of drug-likeness (QED) is 0.833. The van der Waals surface area contributed by atoms with Gasteiger partial charge in [-0.3, -0.25) is 0 Å². The van der Waals surface area contributed by atoms with Gasteiger partial charge in [-0.1, -0.05) is 25.0 Å². The molecule has 1 atom stereocenters. The fourth-order valence-electron chi connectivity index (χ4n) is 3.11. The summed E-state index contributed by atoms with van der Waals surface area (Å²) in [6.45, 7) is 2.06. The minimum absolute atomic E-state index is 0.109. The summed E-state index contributed by atoms with van der Waals surface area (Å²) in [7, 11) is 0. The van der Waals surface area contributed by atoms with E-state index in [1.807, 2.05) is 0 Å². The van der Waals surface area contributed by atoms with Gasteiger partial charge in [0.05, 0.1) is 0 Å². The van der Waals surface area contributed by atoms with E-state index in [9.17, 15) is 0 Å². The van der Waals surface area contributed by atoms with Gasteiger partial charge in [0.2, 0.25) is 0 Å². The summed E-state index contributed by atoms with van der Waals surface area (Å²) in [5.74, 6) is 0. The summed E-state index contributed by atoms with van der Waals surface area (Å²) in [5, 5.41) is 1.33. The molecule has 0 radical (unpaired) electrons. The summed E-state index contributed by atoms with van der Waals surface area (Å²) in [4.78, 5) is 0. The lowest BCUT2D eigenvalue weighted by atomic mass is 10.0. The largest absolute Gasteiger partial charge is 0.344 e. The Morgan fingerprint density at radius 3 is 2.71 bits per heavy atom. The second kappa shape index (κ2) is 4.19. The van der Waals surface area contributed by atoms with Gasteiger partial charge in [0.1, 0.15) is 0 Å². The third kappa shape index (κ3) is 1.77. The third-order valence-corrected chi connectivity index (χ3v) is 4.01. The van der Waals surface area contributed by atoms with E-state index < -0.39 is 0 Å². The van der Waals surface area contributed by atoms with Gasteiger partial charge in [-0.15, -0.1) is 0 Å². The molecule has 1 saturated carbocycles. The van der Waals surface area contributed by atoms with E-state index in [2.05, 4.69) is 42.0 Å². The number of fused-ring (bicyclic) bond motifs is 1. The molecule has 1 aliphatic rings. The standard InChI is InChI=1S/C15H20N2/c1-11(16)13-7-4-8-15-14(13)9-10-17(15)12-5-2-3-6-12/h4,7-12H,2-3,5-6,16H2,1H3. The highest BCUT2D eigenvalue weighted by Crippen LogP contribution is 2.34. The highest BCUT2D eigenvalue weighted by atomic mass is 15.0. The lowest BCUT2D eigenvalue weighted by molar-refractivity contribution is 0.536. The van der Waals surface area contributed by atoms with Crippen molar-refractivity contribution in [3.8, 4) is 0 Å². The average Bonchev–Trinajstić information content (AvgIpc) is 2.96. The van der Waals surface area contributed by atoms with E-state index in [4.69, 9.17) is 5.73 Å². The zero-order valence-electron chi connectivity index (χ0n) is 10.4. The van der Waals surface area contributed by atoms with Gasteiger partial charge in [0.15, 0.2) is 0 Å². The molecule has 2 N–H and O–H groups in total. The SMILES string of the molecule is CC(N)c1cccc2c1ccn2C1CCCC1. The molecule has 1 aromatic carbocycles. The summed E-state index contributed by atoms with van der Waals surface area (Å²) in [6, 6.07) is 9.54. The molecule has 1 unspecified atom stereocenters. The van der Waals surface area contributed by atoms with Crippen LogP contribution in [0.15, 0.2) is 30.5 Å². The Morgan fingerprint density at radius 1 is 1.24 bits per heavy atom. The first-order chi connectivity index (χ1) is 8.27. The van der Waals surface area contributed by atoms with Crippen molar-refractivity contribution in [1.29, 1.82) is 0 Å². The third-order valence-electron chi connectivity index (χ3n) is 4.01. The Bertz CT molecular complexity index is 519. The smallest absolute Gasteiger partial charge is 0.0486 e. The predicted molar refractivity (Wildman–Crippen MR) is 72.0 cm³/mol. The van der Waals surface area contributed by atoms with E-state index in [0.717, 1.165) is 0 Å². The summed E-state index contributed by atoms with van der Waals surface area (Å²) >= 11 is 0. The second-order valence-corrected chi connectivity index (χ2v) is 5.23. The van der Waals surface area contributed by atoms with Crippen LogP contribution in [0.2, 0.25) is 0 Å². The van der Waals surface area contributed by atoms with Gasteiger partial charge in [-0.05, 0) is 37.5 Å². The molecule has 0 spiro atoms. The second-order valence-electron chi connectivity index (χ2n) is 5.23. The van der Waals surface area contributed by atoms with Crippen molar-refractivity contribution in [2.75, 3.05) is 0 Å². The van der Waals surface area contributed by atoms with Crippen LogP contribution in [-0.2, 0) is 0 Å². The molecule has 3 rings (SSSR count). The van der Waals surface area contributed by atoms with E-state index in [1.54, 1.807) is 0 Å². The van der Waals surface area contributed by atoms with Crippen molar-refractivity contribution in [1.82, 2.24) is 4.57 Å². The maximum absolute atomic E-state index is 6.03. The predicted octanol–water partition coefficient (Wildman–Crippen LogP) is 3.78. The molecule has 0 saturated heterocycles. The van der Waals surface area contributed by atoms with E-state index in [1.165, 1.54) is 42.1 Å². The lowest BCUT2D eigenvalue weighted by Crippen LogP contribution is -2.06. The summed E-state index contributed by atoms with van der Waals surface area (Å²) < 4.78 is 2.45. The van der Waals surface area contributed by atoms with Crippen LogP contribution in [-0.4, -0.2) is 4.57 Å². The number of nitrogens with zero attached hydrogens (tertiary/aromatic N) is 1. The van der Waals surface area contributed by atoms with Crippen molar-refractivity contribution >= 4 is 10.9 Å². The van der Waals surface area contributed by atoms with Crippen LogP contribution < -0.4 is 5.73 Å². The number of nitrogens with two attached hydrogens (primary N) is 1. The highest BCUT2D eigenvalue weighted by molar-refractivity contribution is 5.84. The van der Waals surface area contributed by atoms with Crippen LogP contribution in [0.25, 0.3) is 10.9 Å². The number of hydrogen-bond acceptors (Lipinski definition) is 1. The molecule has 2 heteroatoms. The molecule has 1 aliphatic carbocycles. The molecule has 90 valence electrons. The first kappa shape index (κ1) is 10.8. The highest BCUT2D eigenvalue weighted by Gasteiger charge is 2.18. The van der Waals surface area contributed by atoms with Crippen molar-refractivity contribution in [3.63, 3.8) is 0 Å². The molecule has 0 bridgehead atoms. The number of aromatic nitrogens is 1. The van der Waals surface area contributed by atoms with Crippen LogP contribution in [0.5, 0.6) is 0 Å². The van der Waals surface area contributed by atoms with Crippen molar-refractivity contribution in [2.24, 2.45) is 5.73 Å². The Kier molecular flexibility index (Phi) is 2.67. The molecule has 17 heavy (non-hydrogen) atoms. The molecular formula is C15H20N2. The molecule has 1 heterocycles. The first-order valence-electron chi connectivity index (χ1n) is 6.62. The Labute approximate surface area is 102 Å². The van der Waals surface area contributed by atoms with Gasteiger partial charge in [0, 0.05) is 29.2 Å². The Morgan fingerprint density at radius 2 is 2.00 bits per heavy atom. The Balaban J connectivity index is 2.12. The normalized spacial score (nSPS) is 18.9. The molecule has 1 aromatic heterocycles. The minimum Gasteiger partial charge on any atom is -0.344 e. The lowest BCUT2D eigenvalue weighted by Gasteiger charge is -2.14. The monoisotopic (exact) mass is 228 g/mol. The van der Waals surface area contributed by atoms with Gasteiger partial charge >= 0.3 is 0 Å². The fraction of sp³-hybridized carbons (Fsp3) is 0.467. The number of rotatable bonds is 2. The maximum atomic E-state index is 6.03. The van der Waals surface area contributed by atoms with E-state index >= 15 is 0 Å². The van der Waals surface area contributed by atoms with Crippen molar-refractivity contribution in [3.05, 3.63) is 36.0 Å². The van der Waals surface area contributed by atoms with Gasteiger partial charge in [-0.2, -0.15) is 0 Å². The zero-order chi connectivity index (χ0) is 11.8. The first-order valence-corrected chi connectivity index (χ1v) is 6.62. The molecule has 0 aliphatic heterocycles. The number of hydrogen-bond donors (Lipinski definition) is 1. The zero-order valence-corrected chi connectivity index (χ0v) is 10.4. The molecule has 1 fully saturated rings. The van der Waals surface area contributed by atoms with Gasteiger partial charge in [-0.25, -0.2) is 0 Å². The van der Waals surface area contributed by atoms with Crippen molar-refractivity contribution < 1.29 is 0 Å². The number of benzene rings is 1. The van der Waals surface area contributed by atoms with Gasteiger partial charge < -0.3 is 10.3 Å². The summed E-state index contributed by atoms with van der Waals surface area (Å²) in [5.41, 5.74) is 8.65. The average molecular weight is 228 g/mol. The molecular weight excluding hydrogens is 208 g/mol. The van der Waals surface area contributed by atoms with Crippen LogP contribution in [0.4, 0.5) is 0 Å². The Hall–Kier alpha value is -1.28. The van der Waals surface area contributed by atoms with Crippen LogP contribution >= 0.6 is 0 Å². The van der Waals surface area contributed by atoms with Crippen LogP contribution in [0, 0.1) is 0 Å². The maximum Gasteiger partial charge on any atom is 0.0486 e. The topological polar surface area (TPSA) is 30.9 Å². The fourth-order valence-corrected chi connectivity index (χ4v) is 3.11. The van der Waals surface area contributed by atoms with Gasteiger partial charge in [0.25, 0.3) is 0 Å². The molecule has 0 amide bonds. The summed E-state index contributed by atoms with van der Waals surface area (Å²) in [6.07, 6.45) is 7.64. The van der Waals surface area contributed by atoms with E-state index in [0.29, 0.717) is 6.04 Å². The minimum atomic E-state index is 0.109. The molecule has 2 aromatic rings.